The number of benzene rings is 4. The fraction of sp³-hybridized carbons (Fsp3) is 0.268. The second-order valence-electron chi connectivity index (χ2n) is 12.3. The number of esters is 1. The Bertz CT molecular complexity index is 2080. The average Bonchev–Trinajstić information content (AvgIpc) is 3.70. The number of halogens is 2. The van der Waals surface area contributed by atoms with Crippen LogP contribution in [0.3, 0.4) is 0 Å². The van der Waals surface area contributed by atoms with Crippen LogP contribution in [-0.2, 0) is 30.7 Å². The molecule has 2 heterocycles. The second kappa shape index (κ2) is 16.7. The number of aryl methyl sites for hydroxylation is 2. The summed E-state index contributed by atoms with van der Waals surface area (Å²) in [5, 5.41) is 12.8. The molecule has 0 unspecified atom stereocenters. The molecule has 0 atom stereocenters. The number of carbonyl (C=O) groups excluding carboxylic acids is 1. The molecule has 6 aromatic rings. The molecule has 49 heavy (non-hydrogen) atoms. The van der Waals surface area contributed by atoms with E-state index in [9.17, 15) is 14.7 Å². The van der Waals surface area contributed by atoms with Gasteiger partial charge < -0.3 is 19.0 Å². The van der Waals surface area contributed by atoms with Crippen LogP contribution in [0.15, 0.2) is 97.3 Å². The van der Waals surface area contributed by atoms with Crippen molar-refractivity contribution in [1.82, 2.24) is 9.13 Å². The second-order valence-corrected chi connectivity index (χ2v) is 13.1. The molecule has 8 heteroatoms. The highest BCUT2D eigenvalue weighted by atomic mass is 35.5. The van der Waals surface area contributed by atoms with Crippen molar-refractivity contribution in [2.45, 2.75) is 65.5 Å². The van der Waals surface area contributed by atoms with Crippen LogP contribution in [0.25, 0.3) is 21.8 Å². The van der Waals surface area contributed by atoms with Crippen molar-refractivity contribution in [3.05, 3.63) is 141 Å². The van der Waals surface area contributed by atoms with Crippen molar-refractivity contribution in [3.8, 4) is 0 Å². The Hall–Kier alpha value is -4.52. The van der Waals surface area contributed by atoms with E-state index in [0.717, 1.165) is 41.8 Å². The van der Waals surface area contributed by atoms with E-state index in [2.05, 4.69) is 83.9 Å². The summed E-state index contributed by atoms with van der Waals surface area (Å²) in [5.74, 6) is -1.30. The maximum atomic E-state index is 12.0. The number of rotatable bonds is 12. The van der Waals surface area contributed by atoms with Crippen LogP contribution in [0.4, 0.5) is 0 Å². The zero-order valence-corrected chi connectivity index (χ0v) is 29.7. The molecular formula is C41H42Cl2N2O4. The van der Waals surface area contributed by atoms with E-state index in [1.165, 1.54) is 54.2 Å². The number of aromatic carboxylic acids is 1. The van der Waals surface area contributed by atoms with Gasteiger partial charge in [0.25, 0.3) is 0 Å². The fourth-order valence-electron chi connectivity index (χ4n) is 6.11. The van der Waals surface area contributed by atoms with Crippen molar-refractivity contribution >= 4 is 56.9 Å². The molecule has 0 amide bonds. The topological polar surface area (TPSA) is 73.5 Å². The van der Waals surface area contributed by atoms with E-state index < -0.39 is 5.97 Å². The number of ether oxygens (including phenoxy) is 1. The number of hydrogen-bond donors (Lipinski definition) is 1. The highest BCUT2D eigenvalue weighted by Crippen LogP contribution is 2.25. The van der Waals surface area contributed by atoms with E-state index in [-0.39, 0.29) is 11.5 Å². The molecular weight excluding hydrogens is 655 g/mol. The molecule has 0 spiro atoms. The standard InChI is InChI=1S/C21H22ClNO2.C20H20ClNO2/c1-3-4-10-23-11-9-17-13-15(5-8-20(17)23)12-16-6-7-18(22)14-19(16)21(24)25-2;1-2-3-9-22-10-8-16-12-14(4-7-19(16)22)11-15-5-6-17(21)13-18(15)20(23)24/h5-9,11,13-14H,3-4,10,12H2,1-2H3;4-8,10,12-13H,2-3,9,11H2,1H3,(H,23,24). The number of aromatic nitrogens is 2. The van der Waals surface area contributed by atoms with Crippen molar-refractivity contribution in [2.24, 2.45) is 0 Å². The van der Waals surface area contributed by atoms with Crippen LogP contribution in [0.2, 0.25) is 10.0 Å². The normalized spacial score (nSPS) is 11.0. The lowest BCUT2D eigenvalue weighted by Gasteiger charge is -2.10. The highest BCUT2D eigenvalue weighted by Gasteiger charge is 2.14. The zero-order chi connectivity index (χ0) is 34.9. The Balaban J connectivity index is 0.000000191. The van der Waals surface area contributed by atoms with E-state index in [0.29, 0.717) is 28.5 Å². The van der Waals surface area contributed by atoms with E-state index in [1.54, 1.807) is 18.2 Å². The lowest BCUT2D eigenvalue weighted by Crippen LogP contribution is -2.06. The van der Waals surface area contributed by atoms with E-state index in [4.69, 9.17) is 27.9 Å². The Morgan fingerprint density at radius 1 is 0.653 bits per heavy atom. The predicted molar refractivity (Wildman–Crippen MR) is 201 cm³/mol. The lowest BCUT2D eigenvalue weighted by atomic mass is 9.99. The summed E-state index contributed by atoms with van der Waals surface area (Å²) in [6.45, 7) is 6.47. The van der Waals surface area contributed by atoms with Crippen LogP contribution in [-0.4, -0.2) is 33.3 Å². The van der Waals surface area contributed by atoms with Crippen LogP contribution in [0.1, 0.15) is 82.5 Å². The number of nitrogens with zero attached hydrogens (tertiary/aromatic N) is 2. The molecule has 0 saturated heterocycles. The number of methoxy groups -OCH3 is 1. The van der Waals surface area contributed by atoms with Gasteiger partial charge in [0.05, 0.1) is 18.2 Å². The minimum atomic E-state index is -0.945. The Morgan fingerprint density at radius 2 is 1.12 bits per heavy atom. The van der Waals surface area contributed by atoms with Crippen molar-refractivity contribution in [2.75, 3.05) is 7.11 Å². The number of hydrogen-bond acceptors (Lipinski definition) is 3. The van der Waals surface area contributed by atoms with Gasteiger partial charge in [-0.1, -0.05) is 74.2 Å². The number of carbonyl (C=O) groups is 2. The minimum absolute atomic E-state index is 0.267. The SMILES string of the molecule is CCCCn1ccc2cc(Cc3ccc(Cl)cc3C(=O)O)ccc21.CCCCn1ccc2cc(Cc3ccc(Cl)cc3C(=O)OC)ccc21. The summed E-state index contributed by atoms with van der Waals surface area (Å²) < 4.78 is 9.45. The van der Waals surface area contributed by atoms with Gasteiger partial charge >= 0.3 is 11.9 Å². The molecule has 6 nitrogen and oxygen atoms in total. The first-order chi connectivity index (χ1) is 23.7. The Kier molecular flexibility index (Phi) is 12.2. The molecule has 6 rings (SSSR count). The summed E-state index contributed by atoms with van der Waals surface area (Å²) in [4.78, 5) is 23.4. The van der Waals surface area contributed by atoms with Gasteiger partial charge in [-0.15, -0.1) is 0 Å². The van der Waals surface area contributed by atoms with Gasteiger partial charge in [-0.3, -0.25) is 0 Å². The molecule has 0 radical (unpaired) electrons. The van der Waals surface area contributed by atoms with Crippen molar-refractivity contribution in [1.29, 1.82) is 0 Å². The summed E-state index contributed by atoms with van der Waals surface area (Å²) in [6.07, 6.45) is 10.2. The van der Waals surface area contributed by atoms with Gasteiger partial charge in [-0.05, 0) is 119 Å². The predicted octanol–water partition coefficient (Wildman–Crippen LogP) is 10.9. The monoisotopic (exact) mass is 696 g/mol. The van der Waals surface area contributed by atoms with Gasteiger partial charge in [0.1, 0.15) is 0 Å². The zero-order valence-electron chi connectivity index (χ0n) is 28.2. The van der Waals surface area contributed by atoms with Crippen molar-refractivity contribution in [3.63, 3.8) is 0 Å². The molecule has 4 aromatic carbocycles. The van der Waals surface area contributed by atoms with Gasteiger partial charge in [-0.2, -0.15) is 0 Å². The molecule has 0 aliphatic carbocycles. The van der Waals surface area contributed by atoms with Gasteiger partial charge in [0.15, 0.2) is 0 Å². The molecule has 0 bridgehead atoms. The fourth-order valence-corrected chi connectivity index (χ4v) is 6.45. The molecule has 1 N–H and O–H groups in total. The molecule has 0 fully saturated rings. The first-order valence-electron chi connectivity index (χ1n) is 16.7. The van der Waals surface area contributed by atoms with E-state index >= 15 is 0 Å². The first-order valence-corrected chi connectivity index (χ1v) is 17.5. The third-order valence-electron chi connectivity index (χ3n) is 8.74. The third-order valence-corrected chi connectivity index (χ3v) is 9.21. The molecule has 254 valence electrons. The smallest absolute Gasteiger partial charge is 0.338 e. The van der Waals surface area contributed by atoms with Crippen LogP contribution in [0, 0.1) is 0 Å². The molecule has 0 saturated carbocycles. The Morgan fingerprint density at radius 3 is 1.57 bits per heavy atom. The highest BCUT2D eigenvalue weighted by molar-refractivity contribution is 6.31. The molecule has 0 aliphatic rings. The maximum absolute atomic E-state index is 12.0. The van der Waals surface area contributed by atoms with Crippen LogP contribution in [0.5, 0.6) is 0 Å². The van der Waals surface area contributed by atoms with E-state index in [1.807, 2.05) is 12.1 Å². The molecule has 2 aromatic heterocycles. The van der Waals surface area contributed by atoms with Gasteiger partial charge in [-0.25, -0.2) is 9.59 Å². The Labute approximate surface area is 297 Å². The lowest BCUT2D eigenvalue weighted by molar-refractivity contribution is 0.0598. The number of carboxylic acid groups (broad SMARTS) is 1. The quantitative estimate of drug-likeness (QED) is 0.129. The third kappa shape index (κ3) is 8.94. The maximum Gasteiger partial charge on any atom is 0.338 e. The largest absolute Gasteiger partial charge is 0.478 e. The summed E-state index contributed by atoms with van der Waals surface area (Å²) in [6, 6.07) is 27.5. The first kappa shape index (κ1) is 35.8. The number of unbranched alkanes of at least 4 members (excludes halogenated alkanes) is 2. The number of carboxylic acids is 1. The summed E-state index contributed by atoms with van der Waals surface area (Å²) >= 11 is 12.0. The number of fused-ring (bicyclic) bond motifs is 2. The summed E-state index contributed by atoms with van der Waals surface area (Å²) in [5.41, 5.74) is 7.22. The van der Waals surface area contributed by atoms with Crippen LogP contribution >= 0.6 is 23.2 Å². The van der Waals surface area contributed by atoms with Crippen LogP contribution < -0.4 is 0 Å². The van der Waals surface area contributed by atoms with Crippen molar-refractivity contribution < 1.29 is 19.4 Å². The van der Waals surface area contributed by atoms with Gasteiger partial charge in [0.2, 0.25) is 0 Å². The average molecular weight is 698 g/mol. The minimum Gasteiger partial charge on any atom is -0.478 e. The molecule has 0 aliphatic heterocycles. The van der Waals surface area contributed by atoms with Gasteiger partial charge in [0, 0.05) is 46.6 Å². The summed E-state index contributed by atoms with van der Waals surface area (Å²) in [7, 11) is 1.39.